The highest BCUT2D eigenvalue weighted by atomic mass is 32.2. The van der Waals surface area contributed by atoms with Gasteiger partial charge in [0.2, 0.25) is 22.5 Å². The van der Waals surface area contributed by atoms with Crippen molar-refractivity contribution in [1.82, 2.24) is 5.32 Å². The molecule has 0 heterocycles. The first-order valence-corrected chi connectivity index (χ1v) is 16.3. The maximum Gasteiger partial charge on any atom is 0.511 e. The molecule has 1 aromatic carbocycles. The molecule has 17 heteroatoms. The normalized spacial score (nSPS) is 13.8. The lowest BCUT2D eigenvalue weighted by molar-refractivity contribution is -0.167. The second-order valence-electron chi connectivity index (χ2n) is 8.32. The molecule has 0 saturated heterocycles. The molecule has 0 spiro atoms. The molecule has 0 fully saturated rings. The van der Waals surface area contributed by atoms with Crippen LogP contribution >= 0.6 is 0 Å². The number of sulfone groups is 2. The lowest BCUT2D eigenvalue weighted by Gasteiger charge is -2.19. The zero-order valence-corrected chi connectivity index (χ0v) is 24.0. The Morgan fingerprint density at radius 3 is 2.21 bits per heavy atom. The second kappa shape index (κ2) is 15.5. The highest BCUT2D eigenvalue weighted by Gasteiger charge is 2.34. The number of amides is 1. The Hall–Kier alpha value is -3.02. The lowest BCUT2D eigenvalue weighted by atomic mass is 10.0. The third-order valence-corrected chi connectivity index (χ3v) is 9.45. The molecular formula is C22H32N2O12S3. The van der Waals surface area contributed by atoms with Gasteiger partial charge in [0.05, 0.1) is 30.1 Å². The van der Waals surface area contributed by atoms with Gasteiger partial charge < -0.3 is 25.3 Å². The summed E-state index contributed by atoms with van der Waals surface area (Å²) < 4.78 is 85.6. The minimum Gasteiger partial charge on any atom is -0.435 e. The molecule has 0 aliphatic heterocycles. The molecule has 0 radical (unpaired) electrons. The van der Waals surface area contributed by atoms with E-state index in [0.717, 1.165) is 6.26 Å². The highest BCUT2D eigenvalue weighted by Crippen LogP contribution is 2.15. The molecule has 3 unspecified atom stereocenters. The predicted molar refractivity (Wildman–Crippen MR) is 140 cm³/mol. The van der Waals surface area contributed by atoms with Crippen LogP contribution in [0.2, 0.25) is 0 Å². The van der Waals surface area contributed by atoms with Gasteiger partial charge in [-0.3, -0.25) is 9.59 Å². The average Bonchev–Trinajstić information content (AvgIpc) is 2.80. The van der Waals surface area contributed by atoms with E-state index in [4.69, 9.17) is 10.5 Å². The number of rotatable bonds is 14. The number of carbonyl (C=O) groups excluding carboxylic acids is 3. The number of hydrogen-bond acceptors (Lipinski definition) is 13. The van der Waals surface area contributed by atoms with Crippen molar-refractivity contribution < 1.29 is 53.8 Å². The topological polar surface area (TPSA) is 219 Å². The van der Waals surface area contributed by atoms with E-state index in [2.05, 4.69) is 14.8 Å². The maximum atomic E-state index is 13.1. The summed E-state index contributed by atoms with van der Waals surface area (Å²) in [6, 6.07) is 6.56. The molecule has 0 aliphatic rings. The van der Waals surface area contributed by atoms with Crippen molar-refractivity contribution in [3.05, 3.63) is 35.9 Å². The SMILES string of the molecule is CCOC(=O)OC(C)OC(=O)CNC(=O)C(Cc1ccccc1)CS(=O)(=O)C(C(N)CCS(C)(=O)=O)=S(=O)=O. The van der Waals surface area contributed by atoms with Gasteiger partial charge in [-0.05, 0) is 25.3 Å². The smallest absolute Gasteiger partial charge is 0.435 e. The Kier molecular flexibility index (Phi) is 13.6. The van der Waals surface area contributed by atoms with Crippen LogP contribution in [0, 0.1) is 5.92 Å². The number of carbonyl (C=O) groups is 3. The van der Waals surface area contributed by atoms with E-state index in [1.54, 1.807) is 30.3 Å². The zero-order chi connectivity index (χ0) is 29.8. The van der Waals surface area contributed by atoms with E-state index in [0.29, 0.717) is 5.56 Å². The molecule has 0 bridgehead atoms. The Bertz CT molecular complexity index is 1350. The molecule has 3 atom stereocenters. The molecule has 1 aromatic rings. The van der Waals surface area contributed by atoms with Crippen molar-refractivity contribution in [2.45, 2.75) is 39.0 Å². The fraction of sp³-hybridized carbons (Fsp3) is 0.545. The van der Waals surface area contributed by atoms with Crippen LogP contribution < -0.4 is 11.1 Å². The first-order chi connectivity index (χ1) is 18.1. The number of esters is 1. The zero-order valence-electron chi connectivity index (χ0n) is 21.6. The number of nitrogens with two attached hydrogens (primary N) is 1. The summed E-state index contributed by atoms with van der Waals surface area (Å²) >= 11 is 0. The van der Waals surface area contributed by atoms with Gasteiger partial charge in [0.25, 0.3) is 0 Å². The van der Waals surface area contributed by atoms with Gasteiger partial charge in [0, 0.05) is 13.2 Å². The lowest BCUT2D eigenvalue weighted by Crippen LogP contribution is -2.44. The van der Waals surface area contributed by atoms with E-state index in [1.807, 2.05) is 0 Å². The fourth-order valence-corrected chi connectivity index (χ4v) is 6.85. The second-order valence-corrected chi connectivity index (χ2v) is 13.8. The highest BCUT2D eigenvalue weighted by molar-refractivity contribution is 8.15. The van der Waals surface area contributed by atoms with Crippen LogP contribution in [-0.2, 0) is 60.2 Å². The summed E-state index contributed by atoms with van der Waals surface area (Å²) in [6.45, 7) is 2.08. The number of ether oxygens (including phenoxy) is 3. The molecule has 0 aromatic heterocycles. The Balaban J connectivity index is 3.07. The van der Waals surface area contributed by atoms with Gasteiger partial charge in [-0.15, -0.1) is 0 Å². The van der Waals surface area contributed by atoms with Crippen molar-refractivity contribution in [2.24, 2.45) is 11.7 Å². The standard InChI is InChI=1S/C22H32N2O12S3/c1-4-34-22(27)36-15(2)35-19(25)13-24-20(26)17(12-16-8-6-5-7-9-16)14-39(32,33)21(37(28)29)18(23)10-11-38(3,30)31/h5-9,15,17-18H,4,10-14,23H2,1-3H3,(H,24,26). The van der Waals surface area contributed by atoms with Gasteiger partial charge in [-0.25, -0.2) is 21.6 Å². The van der Waals surface area contributed by atoms with Crippen molar-refractivity contribution in [3.63, 3.8) is 0 Å². The first kappa shape index (κ1) is 34.0. The van der Waals surface area contributed by atoms with E-state index in [-0.39, 0.29) is 13.0 Å². The summed E-state index contributed by atoms with van der Waals surface area (Å²) in [5, 5.41) is 2.23. The maximum absolute atomic E-state index is 13.1. The molecule has 0 saturated carbocycles. The van der Waals surface area contributed by atoms with Crippen LogP contribution in [0.4, 0.5) is 4.79 Å². The van der Waals surface area contributed by atoms with Crippen LogP contribution in [0.15, 0.2) is 30.3 Å². The Morgan fingerprint density at radius 1 is 1.05 bits per heavy atom. The van der Waals surface area contributed by atoms with Crippen molar-refractivity contribution >= 4 is 52.2 Å². The molecule has 14 nitrogen and oxygen atoms in total. The van der Waals surface area contributed by atoms with Crippen molar-refractivity contribution in [1.29, 1.82) is 0 Å². The van der Waals surface area contributed by atoms with Crippen LogP contribution in [0.1, 0.15) is 25.8 Å². The number of benzene rings is 1. The number of hydrogen-bond donors (Lipinski definition) is 2. The number of nitrogens with one attached hydrogen (secondary N) is 1. The third-order valence-electron chi connectivity index (χ3n) is 4.92. The van der Waals surface area contributed by atoms with Gasteiger partial charge in [-0.2, -0.15) is 8.42 Å². The average molecular weight is 613 g/mol. The quantitative estimate of drug-likeness (QED) is 0.150. The largest absolute Gasteiger partial charge is 0.511 e. The monoisotopic (exact) mass is 612 g/mol. The molecular weight excluding hydrogens is 580 g/mol. The minimum absolute atomic E-state index is 0.0307. The summed E-state index contributed by atoms with van der Waals surface area (Å²) in [5.74, 6) is -4.87. The summed E-state index contributed by atoms with van der Waals surface area (Å²) in [6.07, 6.45) is -2.16. The molecule has 0 aliphatic carbocycles. The van der Waals surface area contributed by atoms with E-state index in [1.165, 1.54) is 13.8 Å². The minimum atomic E-state index is -4.69. The molecule has 1 rings (SSSR count). The van der Waals surface area contributed by atoms with Crippen LogP contribution in [-0.4, -0.2) is 90.7 Å². The fourth-order valence-electron chi connectivity index (χ4n) is 3.23. The van der Waals surface area contributed by atoms with Crippen LogP contribution in [0.5, 0.6) is 0 Å². The summed E-state index contributed by atoms with van der Waals surface area (Å²) in [7, 11) is -11.6. The molecule has 39 heavy (non-hydrogen) atoms. The summed E-state index contributed by atoms with van der Waals surface area (Å²) in [5.41, 5.74) is 6.27. The van der Waals surface area contributed by atoms with Gasteiger partial charge >= 0.3 is 12.1 Å². The summed E-state index contributed by atoms with van der Waals surface area (Å²) in [4.78, 5) is 36.3. The van der Waals surface area contributed by atoms with Crippen molar-refractivity contribution in [3.8, 4) is 0 Å². The van der Waals surface area contributed by atoms with Crippen LogP contribution in [0.25, 0.3) is 0 Å². The van der Waals surface area contributed by atoms with Crippen LogP contribution in [0.3, 0.4) is 0 Å². The van der Waals surface area contributed by atoms with Gasteiger partial charge in [0.15, 0.2) is 14.0 Å². The van der Waals surface area contributed by atoms with Gasteiger partial charge in [-0.1, -0.05) is 30.3 Å². The Morgan fingerprint density at radius 2 is 1.67 bits per heavy atom. The molecule has 1 amide bonds. The van der Waals surface area contributed by atoms with E-state index >= 15 is 0 Å². The van der Waals surface area contributed by atoms with Gasteiger partial charge in [0.1, 0.15) is 16.4 Å². The van der Waals surface area contributed by atoms with E-state index < -0.39 is 94.9 Å². The first-order valence-electron chi connectivity index (χ1n) is 11.5. The Labute approximate surface area is 228 Å². The third kappa shape index (κ3) is 13.1. The molecule has 3 N–H and O–H groups in total. The predicted octanol–water partition coefficient (Wildman–Crippen LogP) is -0.790. The molecule has 220 valence electrons. The van der Waals surface area contributed by atoms with Crippen molar-refractivity contribution in [2.75, 3.05) is 30.9 Å². The van der Waals surface area contributed by atoms with E-state index in [9.17, 15) is 39.6 Å².